The molecule has 0 bridgehead atoms. The molecule has 4 nitrogen and oxygen atoms in total. The lowest BCUT2D eigenvalue weighted by Gasteiger charge is -2.15. The summed E-state index contributed by atoms with van der Waals surface area (Å²) in [5.41, 5.74) is 0. The van der Waals surface area contributed by atoms with Crippen LogP contribution in [0.2, 0.25) is 5.02 Å². The van der Waals surface area contributed by atoms with Gasteiger partial charge in [0.05, 0.1) is 21.9 Å². The van der Waals surface area contributed by atoms with E-state index >= 15 is 0 Å². The zero-order chi connectivity index (χ0) is 14.6. The Morgan fingerprint density at radius 3 is 2.68 bits per heavy atom. The van der Waals surface area contributed by atoms with Crippen LogP contribution in [0.15, 0.2) is 16.6 Å². The monoisotopic (exact) mass is 373 g/mol. The van der Waals surface area contributed by atoms with Gasteiger partial charge in [-0.3, -0.25) is 0 Å². The summed E-state index contributed by atoms with van der Waals surface area (Å²) in [5.74, 6) is -0.744. The van der Waals surface area contributed by atoms with Crippen LogP contribution in [0, 0.1) is 11.7 Å². The van der Waals surface area contributed by atoms with E-state index in [4.69, 9.17) is 21.5 Å². The van der Waals surface area contributed by atoms with Crippen LogP contribution in [0.4, 0.5) is 4.39 Å². The maximum Gasteiger partial charge on any atom is 0.209 e. The molecule has 0 saturated heterocycles. The van der Waals surface area contributed by atoms with Gasteiger partial charge in [-0.15, -0.1) is 0 Å². The summed E-state index contributed by atoms with van der Waals surface area (Å²) in [6.45, 7) is 1.96. The number of primary sulfonamides is 1. The summed E-state index contributed by atoms with van der Waals surface area (Å²) in [6, 6.07) is 2.53. The third kappa shape index (κ3) is 5.64. The molecule has 0 saturated carbocycles. The third-order valence-corrected chi connectivity index (χ3v) is 4.34. The number of ether oxygens (including phenoxy) is 1. The van der Waals surface area contributed by atoms with E-state index in [1.54, 1.807) is 0 Å². The second kappa shape index (κ2) is 6.88. The van der Waals surface area contributed by atoms with E-state index in [0.717, 1.165) is 6.07 Å². The Kier molecular flexibility index (Phi) is 6.04. The Morgan fingerprint density at radius 1 is 1.53 bits per heavy atom. The van der Waals surface area contributed by atoms with Crippen LogP contribution in [0.5, 0.6) is 5.75 Å². The average Bonchev–Trinajstić information content (AvgIpc) is 2.28. The number of nitrogens with two attached hydrogens (primary N) is 1. The lowest BCUT2D eigenvalue weighted by Crippen LogP contribution is -2.26. The van der Waals surface area contributed by atoms with Gasteiger partial charge in [0.25, 0.3) is 0 Å². The normalized spacial score (nSPS) is 13.3. The first-order valence-electron chi connectivity index (χ1n) is 5.50. The molecule has 8 heteroatoms. The molecule has 2 N–H and O–H groups in total. The molecule has 0 aliphatic rings. The van der Waals surface area contributed by atoms with Crippen LogP contribution in [-0.2, 0) is 10.0 Å². The summed E-state index contributed by atoms with van der Waals surface area (Å²) >= 11 is 8.80. The van der Waals surface area contributed by atoms with Crippen LogP contribution < -0.4 is 9.88 Å². The maximum atomic E-state index is 13.3. The molecule has 0 radical (unpaired) electrons. The number of halogens is 3. The standard InChI is InChI=1S/C11H14BrClFNO3S/c1-2-7(6-19(15,16)17)5-18-11-4-10(14)9(13)3-8(11)12/h3-4,7H,2,5-6H2,1H3,(H2,15,16,17). The van der Waals surface area contributed by atoms with E-state index in [1.807, 2.05) is 6.92 Å². The van der Waals surface area contributed by atoms with Gasteiger partial charge < -0.3 is 4.74 Å². The highest BCUT2D eigenvalue weighted by molar-refractivity contribution is 9.10. The van der Waals surface area contributed by atoms with Gasteiger partial charge in [-0.2, -0.15) is 0 Å². The predicted octanol–water partition coefficient (Wildman–Crippen LogP) is 2.94. The first-order chi connectivity index (χ1) is 8.73. The van der Waals surface area contributed by atoms with Gasteiger partial charge in [-0.1, -0.05) is 18.5 Å². The minimum absolute atomic E-state index is 0.0178. The highest BCUT2D eigenvalue weighted by Crippen LogP contribution is 2.30. The van der Waals surface area contributed by atoms with E-state index in [2.05, 4.69) is 15.9 Å². The van der Waals surface area contributed by atoms with Crippen molar-refractivity contribution in [3.05, 3.63) is 27.4 Å². The first kappa shape index (κ1) is 16.7. The molecule has 0 spiro atoms. The summed E-state index contributed by atoms with van der Waals surface area (Å²) in [5, 5.41) is 4.97. The predicted molar refractivity (Wildman–Crippen MR) is 76.4 cm³/mol. The van der Waals surface area contributed by atoms with Crippen LogP contribution in [0.3, 0.4) is 0 Å². The Bertz CT molecular complexity index is 553. The third-order valence-electron chi connectivity index (χ3n) is 2.49. The number of hydrogen-bond acceptors (Lipinski definition) is 3. The van der Waals surface area contributed by atoms with Crippen molar-refractivity contribution in [2.75, 3.05) is 12.4 Å². The average molecular weight is 375 g/mol. The second-order valence-corrected chi connectivity index (χ2v) is 7.03. The van der Waals surface area contributed by atoms with Crippen molar-refractivity contribution in [2.45, 2.75) is 13.3 Å². The van der Waals surface area contributed by atoms with Crippen molar-refractivity contribution >= 4 is 37.6 Å². The SMILES string of the molecule is CCC(COc1cc(F)c(Cl)cc1Br)CS(N)(=O)=O. The Labute approximate surface area is 125 Å². The maximum absolute atomic E-state index is 13.3. The van der Waals surface area contributed by atoms with Gasteiger partial charge in [0.1, 0.15) is 11.6 Å². The van der Waals surface area contributed by atoms with Crippen molar-refractivity contribution in [2.24, 2.45) is 11.1 Å². The van der Waals surface area contributed by atoms with Gasteiger partial charge in [-0.05, 0) is 28.4 Å². The molecule has 108 valence electrons. The molecule has 0 aromatic heterocycles. The Balaban J connectivity index is 2.73. The molecule has 0 heterocycles. The highest BCUT2D eigenvalue weighted by Gasteiger charge is 2.16. The van der Waals surface area contributed by atoms with Crippen LogP contribution >= 0.6 is 27.5 Å². The lowest BCUT2D eigenvalue weighted by molar-refractivity contribution is 0.255. The smallest absolute Gasteiger partial charge is 0.209 e. The van der Waals surface area contributed by atoms with Crippen LogP contribution in [-0.4, -0.2) is 20.8 Å². The molecule has 1 rings (SSSR count). The zero-order valence-corrected chi connectivity index (χ0v) is 13.4. The van der Waals surface area contributed by atoms with Gasteiger partial charge in [0, 0.05) is 12.0 Å². The van der Waals surface area contributed by atoms with Gasteiger partial charge in [-0.25, -0.2) is 17.9 Å². The zero-order valence-electron chi connectivity index (χ0n) is 10.2. The van der Waals surface area contributed by atoms with Crippen molar-refractivity contribution in [1.29, 1.82) is 0 Å². The Hall–Kier alpha value is -0.370. The van der Waals surface area contributed by atoms with E-state index in [-0.39, 0.29) is 29.0 Å². The molecule has 0 aliphatic heterocycles. The largest absolute Gasteiger partial charge is 0.492 e. The molecular formula is C11H14BrClFNO3S. The molecule has 19 heavy (non-hydrogen) atoms. The molecule has 0 fully saturated rings. The molecule has 0 amide bonds. The quantitative estimate of drug-likeness (QED) is 0.778. The Morgan fingerprint density at radius 2 is 2.16 bits per heavy atom. The van der Waals surface area contributed by atoms with E-state index in [0.29, 0.717) is 10.9 Å². The fourth-order valence-electron chi connectivity index (χ4n) is 1.43. The van der Waals surface area contributed by atoms with Crippen LogP contribution in [0.25, 0.3) is 0 Å². The molecule has 1 aromatic carbocycles. The number of rotatable bonds is 6. The fourth-order valence-corrected chi connectivity index (χ4v) is 3.18. The van der Waals surface area contributed by atoms with E-state index in [1.165, 1.54) is 6.07 Å². The van der Waals surface area contributed by atoms with Gasteiger partial charge in [0.15, 0.2) is 0 Å². The lowest BCUT2D eigenvalue weighted by atomic mass is 10.1. The van der Waals surface area contributed by atoms with Crippen LogP contribution in [0.1, 0.15) is 13.3 Å². The fraction of sp³-hybridized carbons (Fsp3) is 0.455. The van der Waals surface area contributed by atoms with E-state index < -0.39 is 15.8 Å². The topological polar surface area (TPSA) is 69.4 Å². The second-order valence-electron chi connectivity index (χ2n) is 4.11. The van der Waals surface area contributed by atoms with Crippen molar-refractivity contribution < 1.29 is 17.5 Å². The molecule has 0 aliphatic carbocycles. The molecule has 1 unspecified atom stereocenters. The van der Waals surface area contributed by atoms with E-state index in [9.17, 15) is 12.8 Å². The molecular weight excluding hydrogens is 361 g/mol. The summed E-state index contributed by atoms with van der Waals surface area (Å²) in [4.78, 5) is 0. The molecule has 1 aromatic rings. The van der Waals surface area contributed by atoms with Crippen molar-refractivity contribution in [1.82, 2.24) is 0 Å². The van der Waals surface area contributed by atoms with Gasteiger partial charge in [0.2, 0.25) is 10.0 Å². The van der Waals surface area contributed by atoms with Gasteiger partial charge >= 0.3 is 0 Å². The summed E-state index contributed by atoms with van der Waals surface area (Å²) < 4.78 is 41.2. The van der Waals surface area contributed by atoms with Crippen molar-refractivity contribution in [3.8, 4) is 5.75 Å². The summed E-state index contributed by atoms with van der Waals surface area (Å²) in [6.07, 6.45) is 0.587. The number of hydrogen-bond donors (Lipinski definition) is 1. The number of benzene rings is 1. The first-order valence-corrected chi connectivity index (χ1v) is 8.39. The molecule has 1 atom stereocenters. The van der Waals surface area contributed by atoms with Crippen molar-refractivity contribution in [3.63, 3.8) is 0 Å². The summed E-state index contributed by atoms with van der Waals surface area (Å²) in [7, 11) is -3.55. The minimum Gasteiger partial charge on any atom is -0.492 e. The minimum atomic E-state index is -3.55. The number of sulfonamides is 1. The highest BCUT2D eigenvalue weighted by atomic mass is 79.9.